The smallest absolute Gasteiger partial charge is 0.0392 e. The Hall–Kier alpha value is 0.700. The first kappa shape index (κ1) is 13.7. The lowest BCUT2D eigenvalue weighted by Crippen LogP contribution is -1.83. The van der Waals surface area contributed by atoms with E-state index < -0.39 is 0 Å². The van der Waals surface area contributed by atoms with Crippen LogP contribution in [0.2, 0.25) is 0 Å². The van der Waals surface area contributed by atoms with E-state index in [4.69, 9.17) is 0 Å². The van der Waals surface area contributed by atoms with Crippen molar-refractivity contribution >= 4 is 23.5 Å². The molecule has 80 valence electrons. The Bertz CT molecular complexity index is 74.2. The molecule has 0 bridgehead atoms. The monoisotopic (exact) mass is 220 g/mol. The fraction of sp³-hybridized carbons (Fsp3) is 1.00. The van der Waals surface area contributed by atoms with E-state index >= 15 is 0 Å². The molecule has 0 aromatic heterocycles. The Kier molecular flexibility index (Phi) is 13.4. The van der Waals surface area contributed by atoms with Gasteiger partial charge in [0.1, 0.15) is 0 Å². The standard InChI is InChI=1S/C11H24S2/c1-3-5-7-9-12-11-13-10-8-6-4-2/h3-11H2,1-2H3. The van der Waals surface area contributed by atoms with E-state index in [2.05, 4.69) is 37.4 Å². The Balaban J connectivity index is 2.76. The quantitative estimate of drug-likeness (QED) is 0.383. The van der Waals surface area contributed by atoms with E-state index in [1.165, 1.54) is 55.1 Å². The van der Waals surface area contributed by atoms with Crippen molar-refractivity contribution in [1.82, 2.24) is 0 Å². The molecule has 0 radical (unpaired) electrons. The summed E-state index contributed by atoms with van der Waals surface area (Å²) in [5.74, 6) is 2.74. The van der Waals surface area contributed by atoms with E-state index in [1.54, 1.807) is 0 Å². The van der Waals surface area contributed by atoms with Gasteiger partial charge in [-0.3, -0.25) is 0 Å². The molecule has 0 fully saturated rings. The second-order valence-corrected chi connectivity index (χ2v) is 5.92. The maximum absolute atomic E-state index is 2.27. The number of rotatable bonds is 10. The summed E-state index contributed by atoms with van der Waals surface area (Å²) >= 11 is 4.23. The molecule has 0 rings (SSSR count). The molecule has 0 unspecified atom stereocenters. The third-order valence-electron chi connectivity index (χ3n) is 1.95. The molecule has 0 N–H and O–H groups in total. The number of unbranched alkanes of at least 4 members (excludes halogenated alkanes) is 4. The van der Waals surface area contributed by atoms with Crippen molar-refractivity contribution in [3.05, 3.63) is 0 Å². The minimum Gasteiger partial charge on any atom is -0.151 e. The third kappa shape index (κ3) is 12.7. The molecule has 2 heteroatoms. The SMILES string of the molecule is CCCCCSCSCCCCC. The van der Waals surface area contributed by atoms with Gasteiger partial charge in [0, 0.05) is 5.08 Å². The van der Waals surface area contributed by atoms with Crippen molar-refractivity contribution in [3.63, 3.8) is 0 Å². The zero-order chi connectivity index (χ0) is 9.78. The summed E-state index contributed by atoms with van der Waals surface area (Å²) in [7, 11) is 0. The second-order valence-electron chi connectivity index (χ2n) is 3.35. The molecule has 0 atom stereocenters. The Labute approximate surface area is 92.6 Å². The minimum atomic E-state index is 1.31. The van der Waals surface area contributed by atoms with Crippen molar-refractivity contribution in [2.75, 3.05) is 16.6 Å². The zero-order valence-corrected chi connectivity index (χ0v) is 10.8. The predicted molar refractivity (Wildman–Crippen MR) is 68.8 cm³/mol. The average Bonchev–Trinajstić information content (AvgIpc) is 2.16. The van der Waals surface area contributed by atoms with Crippen molar-refractivity contribution in [3.8, 4) is 0 Å². The summed E-state index contributed by atoms with van der Waals surface area (Å²) in [5, 5.41) is 1.31. The van der Waals surface area contributed by atoms with Gasteiger partial charge in [-0.1, -0.05) is 39.5 Å². The van der Waals surface area contributed by atoms with E-state index in [-0.39, 0.29) is 0 Å². The van der Waals surface area contributed by atoms with E-state index in [1.807, 2.05) is 0 Å². The summed E-state index contributed by atoms with van der Waals surface area (Å²) in [6, 6.07) is 0. The minimum absolute atomic E-state index is 1.31. The Morgan fingerprint density at radius 2 is 1.15 bits per heavy atom. The first-order valence-corrected chi connectivity index (χ1v) is 7.88. The first-order chi connectivity index (χ1) is 6.41. The molecule has 0 spiro atoms. The van der Waals surface area contributed by atoms with Gasteiger partial charge < -0.3 is 0 Å². The highest BCUT2D eigenvalue weighted by molar-refractivity contribution is 8.15. The van der Waals surface area contributed by atoms with Crippen molar-refractivity contribution < 1.29 is 0 Å². The molecule has 0 aromatic carbocycles. The average molecular weight is 220 g/mol. The van der Waals surface area contributed by atoms with Crippen LogP contribution in [0.4, 0.5) is 0 Å². The lowest BCUT2D eigenvalue weighted by molar-refractivity contribution is 0.778. The fourth-order valence-electron chi connectivity index (χ4n) is 1.09. The summed E-state index contributed by atoms with van der Waals surface area (Å²) in [4.78, 5) is 0. The van der Waals surface area contributed by atoms with Gasteiger partial charge in [0.2, 0.25) is 0 Å². The summed E-state index contributed by atoms with van der Waals surface area (Å²) in [5.41, 5.74) is 0. The first-order valence-electron chi connectivity index (χ1n) is 5.57. The Morgan fingerprint density at radius 3 is 1.54 bits per heavy atom. The van der Waals surface area contributed by atoms with Crippen LogP contribution in [0.1, 0.15) is 52.4 Å². The van der Waals surface area contributed by atoms with Crippen LogP contribution in [-0.4, -0.2) is 16.6 Å². The number of hydrogen-bond donors (Lipinski definition) is 0. The van der Waals surface area contributed by atoms with Gasteiger partial charge in [-0.2, -0.15) is 23.5 Å². The molecule has 0 saturated carbocycles. The zero-order valence-electron chi connectivity index (χ0n) is 9.18. The highest BCUT2D eigenvalue weighted by Gasteiger charge is 1.91. The molecular formula is C11H24S2. The molecule has 0 heterocycles. The summed E-state index contributed by atoms with van der Waals surface area (Å²) < 4.78 is 0. The summed E-state index contributed by atoms with van der Waals surface area (Å²) in [6.07, 6.45) is 8.35. The van der Waals surface area contributed by atoms with Gasteiger partial charge in [-0.05, 0) is 24.3 Å². The molecular weight excluding hydrogens is 196 g/mol. The molecule has 0 aliphatic carbocycles. The molecule has 0 aromatic rings. The second kappa shape index (κ2) is 12.7. The van der Waals surface area contributed by atoms with Crippen LogP contribution in [0.5, 0.6) is 0 Å². The molecule has 0 amide bonds. The topological polar surface area (TPSA) is 0 Å². The van der Waals surface area contributed by atoms with Gasteiger partial charge in [-0.25, -0.2) is 0 Å². The van der Waals surface area contributed by atoms with Gasteiger partial charge in [0.05, 0.1) is 0 Å². The number of thioether (sulfide) groups is 2. The molecule has 13 heavy (non-hydrogen) atoms. The lowest BCUT2D eigenvalue weighted by Gasteiger charge is -2.00. The van der Waals surface area contributed by atoms with Crippen molar-refractivity contribution in [2.24, 2.45) is 0 Å². The van der Waals surface area contributed by atoms with Crippen LogP contribution in [0, 0.1) is 0 Å². The highest BCUT2D eigenvalue weighted by Crippen LogP contribution is 2.15. The van der Waals surface area contributed by atoms with E-state index in [9.17, 15) is 0 Å². The molecule has 0 aliphatic heterocycles. The van der Waals surface area contributed by atoms with Crippen LogP contribution < -0.4 is 0 Å². The van der Waals surface area contributed by atoms with E-state index in [0.29, 0.717) is 0 Å². The van der Waals surface area contributed by atoms with Crippen LogP contribution >= 0.6 is 23.5 Å². The van der Waals surface area contributed by atoms with Gasteiger partial charge in [0.25, 0.3) is 0 Å². The number of hydrogen-bond acceptors (Lipinski definition) is 2. The van der Waals surface area contributed by atoms with Crippen LogP contribution in [0.15, 0.2) is 0 Å². The highest BCUT2D eigenvalue weighted by atomic mass is 32.2. The predicted octanol–water partition coefficient (Wildman–Crippen LogP) is 4.79. The molecule has 0 nitrogen and oxygen atoms in total. The van der Waals surface area contributed by atoms with Crippen molar-refractivity contribution in [2.45, 2.75) is 52.4 Å². The Morgan fingerprint density at radius 1 is 0.692 bits per heavy atom. The van der Waals surface area contributed by atoms with Crippen LogP contribution in [0.3, 0.4) is 0 Å². The normalized spacial score (nSPS) is 10.6. The largest absolute Gasteiger partial charge is 0.151 e. The fourth-order valence-corrected chi connectivity index (χ4v) is 3.32. The van der Waals surface area contributed by atoms with Gasteiger partial charge in [-0.15, -0.1) is 0 Å². The van der Waals surface area contributed by atoms with Crippen LogP contribution in [0.25, 0.3) is 0 Å². The van der Waals surface area contributed by atoms with Gasteiger partial charge in [0.15, 0.2) is 0 Å². The van der Waals surface area contributed by atoms with Crippen LogP contribution in [-0.2, 0) is 0 Å². The maximum atomic E-state index is 2.27. The lowest BCUT2D eigenvalue weighted by atomic mass is 10.3. The molecule has 0 saturated heterocycles. The van der Waals surface area contributed by atoms with Crippen molar-refractivity contribution in [1.29, 1.82) is 0 Å². The maximum Gasteiger partial charge on any atom is 0.0392 e. The summed E-state index contributed by atoms with van der Waals surface area (Å²) in [6.45, 7) is 4.54. The van der Waals surface area contributed by atoms with E-state index in [0.717, 1.165) is 0 Å². The van der Waals surface area contributed by atoms with Gasteiger partial charge >= 0.3 is 0 Å². The molecule has 0 aliphatic rings. The third-order valence-corrected chi connectivity index (χ3v) is 4.44.